The molecule has 0 saturated carbocycles. The number of carbonyl (C=O) groups excluding carboxylic acids is 2. The Bertz CT molecular complexity index is 1610. The number of fused-ring (bicyclic) bond motifs is 1. The van der Waals surface area contributed by atoms with Gasteiger partial charge in [0.15, 0.2) is 15.3 Å². The maximum Gasteiger partial charge on any atom is 0.234 e. The molecule has 38 heavy (non-hydrogen) atoms. The third kappa shape index (κ3) is 6.21. The SMILES string of the molecule is Cn1c(SCC(=O)Nc2ccc3nc(SCC(=O)Nc4ccccc4F)sc3c2)nnc1-c1ccccc1. The second-order valence-corrected chi connectivity index (χ2v) is 11.2. The van der Waals surface area contributed by atoms with E-state index in [0.717, 1.165) is 21.6 Å². The van der Waals surface area contributed by atoms with Crippen molar-refractivity contribution >= 4 is 68.3 Å². The number of nitrogens with zero attached hydrogens (tertiary/aromatic N) is 4. The minimum absolute atomic E-state index is 0.100. The summed E-state index contributed by atoms with van der Waals surface area (Å²) < 4.78 is 17.2. The minimum Gasteiger partial charge on any atom is -0.325 e. The number of thiazole rings is 1. The first-order valence-corrected chi connectivity index (χ1v) is 14.2. The van der Waals surface area contributed by atoms with Gasteiger partial charge < -0.3 is 15.2 Å². The van der Waals surface area contributed by atoms with Crippen LogP contribution in [0, 0.1) is 5.82 Å². The van der Waals surface area contributed by atoms with E-state index in [1.54, 1.807) is 18.2 Å². The molecule has 0 saturated heterocycles. The average molecular weight is 565 g/mol. The van der Waals surface area contributed by atoms with E-state index in [2.05, 4.69) is 25.8 Å². The third-order valence-corrected chi connectivity index (χ3v) is 8.51. The summed E-state index contributed by atoms with van der Waals surface area (Å²) in [7, 11) is 1.87. The van der Waals surface area contributed by atoms with Crippen molar-refractivity contribution in [2.24, 2.45) is 7.05 Å². The first kappa shape index (κ1) is 25.9. The second-order valence-electron chi connectivity index (χ2n) is 8.05. The Labute approximate surface area is 230 Å². The smallest absolute Gasteiger partial charge is 0.234 e. The van der Waals surface area contributed by atoms with Crippen LogP contribution in [0.25, 0.3) is 21.6 Å². The van der Waals surface area contributed by atoms with E-state index in [1.807, 2.05) is 54.1 Å². The van der Waals surface area contributed by atoms with Crippen LogP contribution >= 0.6 is 34.9 Å². The van der Waals surface area contributed by atoms with Crippen molar-refractivity contribution in [2.75, 3.05) is 22.1 Å². The molecule has 12 heteroatoms. The van der Waals surface area contributed by atoms with Gasteiger partial charge in [0.05, 0.1) is 27.4 Å². The molecular formula is C26H21FN6O2S3. The zero-order chi connectivity index (χ0) is 26.5. The monoisotopic (exact) mass is 564 g/mol. The lowest BCUT2D eigenvalue weighted by Gasteiger charge is -2.06. The number of rotatable bonds is 9. The summed E-state index contributed by atoms with van der Waals surface area (Å²) in [6.07, 6.45) is 0. The van der Waals surface area contributed by atoms with Crippen molar-refractivity contribution in [1.29, 1.82) is 0 Å². The van der Waals surface area contributed by atoms with Gasteiger partial charge in [0.25, 0.3) is 0 Å². The summed E-state index contributed by atoms with van der Waals surface area (Å²) in [4.78, 5) is 29.3. The molecule has 0 spiro atoms. The molecule has 192 valence electrons. The van der Waals surface area contributed by atoms with Gasteiger partial charge in [0.1, 0.15) is 5.82 Å². The Morgan fingerprint density at radius 1 is 0.921 bits per heavy atom. The molecule has 0 unspecified atom stereocenters. The Morgan fingerprint density at radius 3 is 2.47 bits per heavy atom. The highest BCUT2D eigenvalue weighted by atomic mass is 32.2. The average Bonchev–Trinajstić information content (AvgIpc) is 3.50. The number of thioether (sulfide) groups is 2. The molecule has 0 aliphatic heterocycles. The second kappa shape index (κ2) is 11.8. The number of anilines is 2. The molecule has 0 bridgehead atoms. The molecular weight excluding hydrogens is 544 g/mol. The Hall–Kier alpha value is -3.74. The van der Waals surface area contributed by atoms with Gasteiger partial charge in [0.2, 0.25) is 11.8 Å². The fourth-order valence-electron chi connectivity index (χ4n) is 3.53. The molecule has 0 radical (unpaired) electrons. The molecule has 2 N–H and O–H groups in total. The van der Waals surface area contributed by atoms with Gasteiger partial charge in [-0.2, -0.15) is 0 Å². The molecule has 5 rings (SSSR count). The van der Waals surface area contributed by atoms with Gasteiger partial charge in [-0.15, -0.1) is 21.5 Å². The third-order valence-electron chi connectivity index (χ3n) is 5.33. The Morgan fingerprint density at radius 2 is 1.66 bits per heavy atom. The maximum absolute atomic E-state index is 13.7. The standard InChI is InChI=1S/C26H21FN6O2S3/c1-33-24(16-7-3-2-4-8-16)31-32-25(33)36-14-22(34)28-17-11-12-20-21(13-17)38-26(30-20)37-15-23(35)29-19-10-6-5-9-18(19)27/h2-13H,14-15H2,1H3,(H,28,34)(H,29,35). The lowest BCUT2D eigenvalue weighted by molar-refractivity contribution is -0.114. The van der Waals surface area contributed by atoms with E-state index in [4.69, 9.17) is 0 Å². The maximum atomic E-state index is 13.7. The number of nitrogens with one attached hydrogen (secondary N) is 2. The predicted octanol–water partition coefficient (Wildman–Crippen LogP) is 5.69. The largest absolute Gasteiger partial charge is 0.325 e. The van der Waals surface area contributed by atoms with Crippen molar-refractivity contribution in [3.05, 3.63) is 78.6 Å². The van der Waals surface area contributed by atoms with Crippen LogP contribution < -0.4 is 10.6 Å². The van der Waals surface area contributed by atoms with Crippen LogP contribution in [-0.2, 0) is 16.6 Å². The van der Waals surface area contributed by atoms with E-state index in [0.29, 0.717) is 15.2 Å². The molecule has 0 fully saturated rings. The lowest BCUT2D eigenvalue weighted by atomic mass is 10.2. The molecule has 0 atom stereocenters. The van der Waals surface area contributed by atoms with Crippen LogP contribution in [0.15, 0.2) is 82.3 Å². The van der Waals surface area contributed by atoms with Crippen molar-refractivity contribution in [1.82, 2.24) is 19.7 Å². The summed E-state index contributed by atoms with van der Waals surface area (Å²) in [5, 5.41) is 14.6. The number of halogens is 1. The number of carbonyl (C=O) groups is 2. The normalized spacial score (nSPS) is 11.0. The van der Waals surface area contributed by atoms with Gasteiger partial charge in [-0.1, -0.05) is 66.0 Å². The summed E-state index contributed by atoms with van der Waals surface area (Å²) in [6, 6.07) is 21.3. The van der Waals surface area contributed by atoms with Crippen molar-refractivity contribution in [3.63, 3.8) is 0 Å². The number of hydrogen-bond acceptors (Lipinski definition) is 8. The summed E-state index contributed by atoms with van der Waals surface area (Å²) in [6.45, 7) is 0. The zero-order valence-corrected chi connectivity index (χ0v) is 22.5. The van der Waals surface area contributed by atoms with Crippen molar-refractivity contribution in [2.45, 2.75) is 9.50 Å². The van der Waals surface area contributed by atoms with Crippen LogP contribution in [0.2, 0.25) is 0 Å². The molecule has 2 aromatic heterocycles. The van der Waals surface area contributed by atoms with Gasteiger partial charge in [-0.3, -0.25) is 9.59 Å². The van der Waals surface area contributed by atoms with E-state index in [1.165, 1.54) is 47.0 Å². The molecule has 2 amide bonds. The van der Waals surface area contributed by atoms with Crippen molar-refractivity contribution in [3.8, 4) is 11.4 Å². The fourth-order valence-corrected chi connectivity index (χ4v) is 6.14. The van der Waals surface area contributed by atoms with Crippen molar-refractivity contribution < 1.29 is 14.0 Å². The highest BCUT2D eigenvalue weighted by molar-refractivity contribution is 8.01. The zero-order valence-electron chi connectivity index (χ0n) is 20.1. The van der Waals surface area contributed by atoms with E-state index >= 15 is 0 Å². The molecule has 5 aromatic rings. The summed E-state index contributed by atoms with van der Waals surface area (Å²) in [5.41, 5.74) is 2.53. The first-order valence-electron chi connectivity index (χ1n) is 11.4. The lowest BCUT2D eigenvalue weighted by Crippen LogP contribution is -2.14. The van der Waals surface area contributed by atoms with E-state index < -0.39 is 5.82 Å². The van der Waals surface area contributed by atoms with Crippen LogP contribution in [0.4, 0.5) is 15.8 Å². The number of benzene rings is 3. The fraction of sp³-hybridized carbons (Fsp3) is 0.115. The van der Waals surface area contributed by atoms with Crippen LogP contribution in [-0.4, -0.2) is 43.1 Å². The molecule has 8 nitrogen and oxygen atoms in total. The summed E-state index contributed by atoms with van der Waals surface area (Å²) in [5.74, 6) is 0.0592. The molecule has 3 aromatic carbocycles. The molecule has 2 heterocycles. The first-order chi connectivity index (χ1) is 18.5. The predicted molar refractivity (Wildman–Crippen MR) is 151 cm³/mol. The van der Waals surface area contributed by atoms with E-state index in [9.17, 15) is 14.0 Å². The van der Waals surface area contributed by atoms with Gasteiger partial charge >= 0.3 is 0 Å². The Balaban J connectivity index is 1.15. The van der Waals surface area contributed by atoms with Gasteiger partial charge in [-0.25, -0.2) is 9.37 Å². The highest BCUT2D eigenvalue weighted by Gasteiger charge is 2.14. The number of para-hydroxylation sites is 1. The van der Waals surface area contributed by atoms with E-state index in [-0.39, 0.29) is 29.0 Å². The molecule has 0 aliphatic rings. The highest BCUT2D eigenvalue weighted by Crippen LogP contribution is 2.31. The molecule has 0 aliphatic carbocycles. The number of amides is 2. The minimum atomic E-state index is -0.479. The van der Waals surface area contributed by atoms with Crippen LogP contribution in [0.1, 0.15) is 0 Å². The number of hydrogen-bond donors (Lipinski definition) is 2. The number of aromatic nitrogens is 4. The van der Waals surface area contributed by atoms with Gasteiger partial charge in [-0.05, 0) is 30.3 Å². The van der Waals surface area contributed by atoms with Crippen LogP contribution in [0.5, 0.6) is 0 Å². The summed E-state index contributed by atoms with van der Waals surface area (Å²) >= 11 is 4.01. The quantitative estimate of drug-likeness (QED) is 0.222. The van der Waals surface area contributed by atoms with Gasteiger partial charge in [0, 0.05) is 18.3 Å². The Kier molecular flexibility index (Phi) is 8.01. The topological polar surface area (TPSA) is 102 Å². The van der Waals surface area contributed by atoms with Crippen LogP contribution in [0.3, 0.4) is 0 Å².